The molecule has 1 aliphatic heterocycles. The lowest BCUT2D eigenvalue weighted by atomic mass is 9.74. The first-order chi connectivity index (χ1) is 14.6. The predicted molar refractivity (Wildman–Crippen MR) is 114 cm³/mol. The number of carbonyl (C=O) groups excluding carboxylic acids is 2. The zero-order valence-electron chi connectivity index (χ0n) is 17.8. The quantitative estimate of drug-likeness (QED) is 0.694. The zero-order chi connectivity index (χ0) is 21.1. The maximum Gasteiger partial charge on any atom is 0.374 e. The van der Waals surface area contributed by atoms with Gasteiger partial charge >= 0.3 is 5.97 Å². The first-order valence-electron chi connectivity index (χ1n) is 11.1. The molecule has 162 valence electrons. The van der Waals surface area contributed by atoms with E-state index in [9.17, 15) is 9.59 Å². The largest absolute Gasteiger partial charge is 0.460 e. The van der Waals surface area contributed by atoms with Gasteiger partial charge in [-0.1, -0.05) is 6.07 Å². The van der Waals surface area contributed by atoms with Gasteiger partial charge in [0.15, 0.2) is 5.78 Å². The molecule has 30 heavy (non-hydrogen) atoms. The monoisotopic (exact) mass is 413 g/mol. The summed E-state index contributed by atoms with van der Waals surface area (Å²) < 4.78 is 16.1. The van der Waals surface area contributed by atoms with Crippen molar-refractivity contribution in [1.29, 1.82) is 0 Å². The molecule has 2 aromatic rings. The standard InChI is InChI=1S/C24H31NO5/c1-3-29-24(27)22-14-17-12-15(4-9-21(17)30-22)13-20(26)23-19(10-11-25-23)16-5-7-18(28-2)8-6-16/h4,9,12,14,16,18-19,23,25H,3,5-8,10-11,13H2,1-2H3/t16?,18?,19-,23-/m1/s1. The highest BCUT2D eigenvalue weighted by Gasteiger charge is 2.38. The van der Waals surface area contributed by atoms with E-state index in [0.717, 1.165) is 49.6 Å². The van der Waals surface area contributed by atoms with Crippen LogP contribution in [0.1, 0.15) is 55.1 Å². The molecule has 0 bridgehead atoms. The van der Waals surface area contributed by atoms with Crippen molar-refractivity contribution in [2.75, 3.05) is 20.3 Å². The van der Waals surface area contributed by atoms with Gasteiger partial charge in [-0.3, -0.25) is 4.79 Å². The van der Waals surface area contributed by atoms with Gasteiger partial charge in [-0.15, -0.1) is 0 Å². The van der Waals surface area contributed by atoms with E-state index in [1.165, 1.54) is 0 Å². The van der Waals surface area contributed by atoms with Crippen LogP contribution in [0.4, 0.5) is 0 Å². The number of esters is 1. The molecule has 2 heterocycles. The second-order valence-electron chi connectivity index (χ2n) is 8.50. The Labute approximate surface area is 177 Å². The van der Waals surface area contributed by atoms with E-state index in [0.29, 0.717) is 36.6 Å². The van der Waals surface area contributed by atoms with E-state index in [-0.39, 0.29) is 17.6 Å². The number of rotatable bonds is 7. The molecule has 1 aromatic heterocycles. The van der Waals surface area contributed by atoms with Crippen LogP contribution in [0.25, 0.3) is 11.0 Å². The Morgan fingerprint density at radius 2 is 1.93 bits per heavy atom. The van der Waals surface area contributed by atoms with Gasteiger partial charge in [0.1, 0.15) is 5.58 Å². The van der Waals surface area contributed by atoms with Crippen LogP contribution < -0.4 is 5.32 Å². The Morgan fingerprint density at radius 3 is 2.67 bits per heavy atom. The summed E-state index contributed by atoms with van der Waals surface area (Å²) in [4.78, 5) is 25.0. The number of Topliss-reactive ketones (excluding diaryl/α,β-unsaturated/α-hetero) is 1. The maximum absolute atomic E-state index is 13.1. The van der Waals surface area contributed by atoms with Crippen molar-refractivity contribution in [3.63, 3.8) is 0 Å². The third-order valence-electron chi connectivity index (χ3n) is 6.71. The number of methoxy groups -OCH3 is 1. The summed E-state index contributed by atoms with van der Waals surface area (Å²) in [5.74, 6) is 0.999. The zero-order valence-corrected chi connectivity index (χ0v) is 17.8. The number of fused-ring (bicyclic) bond motifs is 1. The number of ether oxygens (including phenoxy) is 2. The molecule has 1 saturated heterocycles. The predicted octanol–water partition coefficient (Wildman–Crippen LogP) is 3.90. The molecule has 0 radical (unpaired) electrons. The molecule has 0 amide bonds. The number of furan rings is 1. The minimum absolute atomic E-state index is 0.0655. The Kier molecular flexibility index (Phi) is 6.54. The number of benzene rings is 1. The minimum atomic E-state index is -0.465. The van der Waals surface area contributed by atoms with E-state index in [1.807, 2.05) is 18.2 Å². The first kappa shape index (κ1) is 21.1. The highest BCUT2D eigenvalue weighted by molar-refractivity contribution is 5.93. The van der Waals surface area contributed by atoms with E-state index in [1.54, 1.807) is 20.1 Å². The Bertz CT molecular complexity index is 896. The van der Waals surface area contributed by atoms with Gasteiger partial charge in [0.25, 0.3) is 0 Å². The van der Waals surface area contributed by atoms with Crippen molar-refractivity contribution < 1.29 is 23.5 Å². The van der Waals surface area contributed by atoms with Crippen LogP contribution in [0.3, 0.4) is 0 Å². The molecule has 4 rings (SSSR count). The summed E-state index contributed by atoms with van der Waals surface area (Å²) >= 11 is 0. The van der Waals surface area contributed by atoms with Gasteiger partial charge in [0.2, 0.25) is 5.76 Å². The SMILES string of the molecule is CCOC(=O)c1cc2cc(CC(=O)[C@@H]3NCC[C@@H]3C3CCC(OC)CC3)ccc2o1. The van der Waals surface area contributed by atoms with Crippen molar-refractivity contribution in [2.45, 2.75) is 57.6 Å². The van der Waals surface area contributed by atoms with E-state index >= 15 is 0 Å². The van der Waals surface area contributed by atoms with Gasteiger partial charge in [0.05, 0.1) is 18.8 Å². The molecular weight excluding hydrogens is 382 g/mol. The van der Waals surface area contributed by atoms with Crippen LogP contribution in [0.5, 0.6) is 0 Å². The molecule has 2 atom stereocenters. The van der Waals surface area contributed by atoms with Crippen molar-refractivity contribution >= 4 is 22.7 Å². The molecule has 1 saturated carbocycles. The number of ketones is 1. The summed E-state index contributed by atoms with van der Waals surface area (Å²) in [6.07, 6.45) is 6.32. The second-order valence-corrected chi connectivity index (χ2v) is 8.50. The molecule has 6 nitrogen and oxygen atoms in total. The molecule has 6 heteroatoms. The van der Waals surface area contributed by atoms with Crippen LogP contribution >= 0.6 is 0 Å². The number of hydrogen-bond donors (Lipinski definition) is 1. The van der Waals surface area contributed by atoms with Crippen molar-refractivity contribution in [3.05, 3.63) is 35.6 Å². The Balaban J connectivity index is 1.42. The van der Waals surface area contributed by atoms with Crippen molar-refractivity contribution in [3.8, 4) is 0 Å². The lowest BCUT2D eigenvalue weighted by molar-refractivity contribution is -0.121. The summed E-state index contributed by atoms with van der Waals surface area (Å²) in [6, 6.07) is 7.29. The fraction of sp³-hybridized carbons (Fsp3) is 0.583. The average Bonchev–Trinajstić information content (AvgIpc) is 3.41. The van der Waals surface area contributed by atoms with Crippen LogP contribution in [0.2, 0.25) is 0 Å². The third kappa shape index (κ3) is 4.44. The molecular formula is C24H31NO5. The van der Waals surface area contributed by atoms with Gasteiger partial charge in [-0.25, -0.2) is 4.79 Å². The number of hydrogen-bond acceptors (Lipinski definition) is 6. The third-order valence-corrected chi connectivity index (χ3v) is 6.71. The highest BCUT2D eigenvalue weighted by atomic mass is 16.5. The lowest BCUT2D eigenvalue weighted by Gasteiger charge is -2.33. The summed E-state index contributed by atoms with van der Waals surface area (Å²) in [6.45, 7) is 2.98. The molecule has 1 aromatic carbocycles. The van der Waals surface area contributed by atoms with Gasteiger partial charge < -0.3 is 19.2 Å². The van der Waals surface area contributed by atoms with E-state index in [4.69, 9.17) is 13.9 Å². The molecule has 0 unspecified atom stereocenters. The van der Waals surface area contributed by atoms with E-state index in [2.05, 4.69) is 5.32 Å². The summed E-state index contributed by atoms with van der Waals surface area (Å²) in [5, 5.41) is 4.28. The summed E-state index contributed by atoms with van der Waals surface area (Å²) in [5.41, 5.74) is 1.57. The highest BCUT2D eigenvalue weighted by Crippen LogP contribution is 2.37. The van der Waals surface area contributed by atoms with Crippen LogP contribution in [-0.4, -0.2) is 44.2 Å². The fourth-order valence-electron chi connectivity index (χ4n) is 5.15. The van der Waals surface area contributed by atoms with E-state index < -0.39 is 5.97 Å². The molecule has 2 aliphatic rings. The van der Waals surface area contributed by atoms with Gasteiger partial charge in [0, 0.05) is 18.9 Å². The molecule has 2 fully saturated rings. The Morgan fingerprint density at radius 1 is 1.13 bits per heavy atom. The van der Waals surface area contributed by atoms with Crippen LogP contribution in [0.15, 0.2) is 28.7 Å². The number of carbonyl (C=O) groups is 2. The lowest BCUT2D eigenvalue weighted by Crippen LogP contribution is -2.40. The van der Waals surface area contributed by atoms with Crippen molar-refractivity contribution in [2.24, 2.45) is 11.8 Å². The first-order valence-corrected chi connectivity index (χ1v) is 11.1. The van der Waals surface area contributed by atoms with Gasteiger partial charge in [-0.05, 0) is 81.2 Å². The molecule has 1 aliphatic carbocycles. The van der Waals surface area contributed by atoms with Crippen LogP contribution in [-0.2, 0) is 20.7 Å². The van der Waals surface area contributed by atoms with Crippen molar-refractivity contribution in [1.82, 2.24) is 5.32 Å². The Hall–Kier alpha value is -2.18. The fourth-order valence-corrected chi connectivity index (χ4v) is 5.15. The normalized spacial score (nSPS) is 26.7. The summed E-state index contributed by atoms with van der Waals surface area (Å²) in [7, 11) is 1.79. The average molecular weight is 414 g/mol. The molecule has 1 N–H and O–H groups in total. The van der Waals surface area contributed by atoms with Crippen LogP contribution in [0, 0.1) is 11.8 Å². The van der Waals surface area contributed by atoms with Gasteiger partial charge in [-0.2, -0.15) is 0 Å². The second kappa shape index (κ2) is 9.31. The minimum Gasteiger partial charge on any atom is -0.460 e. The molecule has 0 spiro atoms. The topological polar surface area (TPSA) is 77.8 Å². The number of nitrogens with one attached hydrogen (secondary N) is 1. The smallest absolute Gasteiger partial charge is 0.374 e. The maximum atomic E-state index is 13.1.